The minimum atomic E-state index is -0.740. The molecule has 2 aromatic carbocycles. The van der Waals surface area contributed by atoms with Crippen LogP contribution in [0.5, 0.6) is 17.2 Å². The number of methoxy groups -OCH3 is 1. The van der Waals surface area contributed by atoms with E-state index in [2.05, 4.69) is 16.0 Å². The van der Waals surface area contributed by atoms with E-state index in [1.165, 1.54) is 0 Å². The summed E-state index contributed by atoms with van der Waals surface area (Å²) in [6, 6.07) is 11.8. The lowest BCUT2D eigenvalue weighted by Gasteiger charge is -2.36. The Morgan fingerprint density at radius 3 is 2.78 bits per heavy atom. The van der Waals surface area contributed by atoms with Crippen molar-refractivity contribution in [2.45, 2.75) is 12.5 Å². The summed E-state index contributed by atoms with van der Waals surface area (Å²) in [4.78, 5) is 27.1. The van der Waals surface area contributed by atoms with Crippen LogP contribution in [0.15, 0.2) is 42.5 Å². The van der Waals surface area contributed by atoms with Crippen molar-refractivity contribution >= 4 is 40.5 Å². The Hall–Kier alpha value is -3.53. The summed E-state index contributed by atoms with van der Waals surface area (Å²) in [5.41, 5.74) is 1.25. The molecule has 1 saturated heterocycles. The first-order valence-electron chi connectivity index (χ1n) is 10.2. The van der Waals surface area contributed by atoms with Crippen molar-refractivity contribution in [2.24, 2.45) is 0 Å². The largest absolute Gasteiger partial charge is 0.495 e. The maximum Gasteiger partial charge on any atom is 0.243 e. The van der Waals surface area contributed by atoms with E-state index in [4.69, 9.17) is 26.4 Å². The van der Waals surface area contributed by atoms with Gasteiger partial charge in [-0.2, -0.15) is 0 Å². The average Bonchev–Trinajstić information content (AvgIpc) is 2.80. The van der Waals surface area contributed by atoms with Gasteiger partial charge in [0.05, 0.1) is 19.2 Å². The lowest BCUT2D eigenvalue weighted by Crippen LogP contribution is -2.58. The Bertz CT molecular complexity index is 1030. The predicted octanol–water partition coefficient (Wildman–Crippen LogP) is 1.99. The number of para-hydroxylation sites is 2. The molecule has 168 valence electrons. The summed E-state index contributed by atoms with van der Waals surface area (Å²) in [5, 5.41) is 9.10. The summed E-state index contributed by atoms with van der Waals surface area (Å²) in [6.07, 6.45) is -0.0615. The molecule has 2 heterocycles. The third-order valence-corrected chi connectivity index (χ3v) is 5.48. The fraction of sp³-hybridized carbons (Fsp3) is 0.318. The molecule has 1 fully saturated rings. The summed E-state index contributed by atoms with van der Waals surface area (Å²) >= 11 is 5.56. The number of benzene rings is 2. The molecule has 0 aromatic heterocycles. The van der Waals surface area contributed by atoms with E-state index in [-0.39, 0.29) is 18.2 Å². The average molecular weight is 457 g/mol. The van der Waals surface area contributed by atoms with Crippen LogP contribution in [0, 0.1) is 0 Å². The number of rotatable bonds is 5. The third kappa shape index (κ3) is 4.86. The van der Waals surface area contributed by atoms with Gasteiger partial charge in [-0.1, -0.05) is 12.1 Å². The Kier molecular flexibility index (Phi) is 6.60. The third-order valence-electron chi connectivity index (χ3n) is 5.14. The van der Waals surface area contributed by atoms with Gasteiger partial charge >= 0.3 is 0 Å². The van der Waals surface area contributed by atoms with Gasteiger partial charge in [0.2, 0.25) is 11.8 Å². The summed E-state index contributed by atoms with van der Waals surface area (Å²) in [7, 11) is 1.57. The molecular formula is C22H24N4O5S. The van der Waals surface area contributed by atoms with Crippen LogP contribution in [0.1, 0.15) is 6.42 Å². The van der Waals surface area contributed by atoms with E-state index in [9.17, 15) is 9.59 Å². The lowest BCUT2D eigenvalue weighted by atomic mass is 10.1. The van der Waals surface area contributed by atoms with E-state index < -0.39 is 6.04 Å². The van der Waals surface area contributed by atoms with Crippen molar-refractivity contribution in [3.63, 3.8) is 0 Å². The molecule has 0 unspecified atom stereocenters. The lowest BCUT2D eigenvalue weighted by molar-refractivity contribution is -0.130. The van der Waals surface area contributed by atoms with Crippen molar-refractivity contribution in [1.82, 2.24) is 10.2 Å². The SMILES string of the molecule is COc1ccccc1NC(=S)N1CCNC(=O)[C@@H]1CC(=O)Nc1ccc2c(c1)OCCO2. The Morgan fingerprint density at radius 1 is 1.19 bits per heavy atom. The van der Waals surface area contributed by atoms with Gasteiger partial charge in [-0.05, 0) is 36.5 Å². The van der Waals surface area contributed by atoms with Crippen LogP contribution in [-0.4, -0.2) is 61.3 Å². The van der Waals surface area contributed by atoms with Crippen LogP contribution in [0.3, 0.4) is 0 Å². The van der Waals surface area contributed by atoms with Gasteiger partial charge in [0.15, 0.2) is 16.6 Å². The summed E-state index contributed by atoms with van der Waals surface area (Å²) in [5.74, 6) is 1.28. The van der Waals surface area contributed by atoms with E-state index >= 15 is 0 Å². The van der Waals surface area contributed by atoms with Crippen molar-refractivity contribution in [2.75, 3.05) is 44.0 Å². The van der Waals surface area contributed by atoms with Gasteiger partial charge in [-0.15, -0.1) is 0 Å². The molecule has 2 aromatic rings. The molecular weight excluding hydrogens is 432 g/mol. The number of thiocarbonyl (C=S) groups is 1. The van der Waals surface area contributed by atoms with Crippen LogP contribution < -0.4 is 30.2 Å². The maximum absolute atomic E-state index is 12.7. The summed E-state index contributed by atoms with van der Waals surface area (Å²) in [6.45, 7) is 1.87. The molecule has 0 bridgehead atoms. The smallest absolute Gasteiger partial charge is 0.243 e. The highest BCUT2D eigenvalue weighted by Crippen LogP contribution is 2.32. The van der Waals surface area contributed by atoms with Crippen LogP contribution in [0.4, 0.5) is 11.4 Å². The van der Waals surface area contributed by atoms with Crippen molar-refractivity contribution in [3.8, 4) is 17.2 Å². The van der Waals surface area contributed by atoms with Crippen LogP contribution in [0.2, 0.25) is 0 Å². The van der Waals surface area contributed by atoms with Crippen molar-refractivity contribution < 1.29 is 23.8 Å². The number of nitrogens with zero attached hydrogens (tertiary/aromatic N) is 1. The van der Waals surface area contributed by atoms with Gasteiger partial charge in [0.1, 0.15) is 25.0 Å². The molecule has 2 aliphatic rings. The molecule has 2 aliphatic heterocycles. The standard InChI is InChI=1S/C22H24N4O5S/c1-29-17-5-3-2-4-15(17)25-22(32)26-9-8-23-21(28)16(26)13-20(27)24-14-6-7-18-19(12-14)31-11-10-30-18/h2-7,12,16H,8-11,13H2,1H3,(H,23,28)(H,24,27)(H,25,32)/t16-/m0/s1. The number of amides is 2. The number of hydrogen-bond acceptors (Lipinski definition) is 6. The van der Waals surface area contributed by atoms with Crippen molar-refractivity contribution in [1.29, 1.82) is 0 Å². The minimum absolute atomic E-state index is 0.0615. The fourth-order valence-electron chi connectivity index (χ4n) is 3.60. The number of anilines is 2. The molecule has 2 amide bonds. The van der Waals surface area contributed by atoms with E-state index in [0.717, 1.165) is 0 Å². The number of nitrogens with one attached hydrogen (secondary N) is 3. The van der Waals surface area contributed by atoms with Crippen molar-refractivity contribution in [3.05, 3.63) is 42.5 Å². The number of carbonyl (C=O) groups excluding carboxylic acids is 2. The van der Waals surface area contributed by atoms with Gasteiger partial charge in [0.25, 0.3) is 0 Å². The second-order valence-corrected chi connectivity index (χ2v) is 7.63. The monoisotopic (exact) mass is 456 g/mol. The van der Waals surface area contributed by atoms with Gasteiger partial charge < -0.3 is 35.1 Å². The summed E-state index contributed by atoms with van der Waals surface area (Å²) < 4.78 is 16.4. The number of ether oxygens (including phenoxy) is 3. The zero-order valence-electron chi connectivity index (χ0n) is 17.6. The maximum atomic E-state index is 12.7. The number of fused-ring (bicyclic) bond motifs is 1. The molecule has 0 spiro atoms. The molecule has 0 radical (unpaired) electrons. The molecule has 32 heavy (non-hydrogen) atoms. The van der Waals surface area contributed by atoms with Gasteiger partial charge in [-0.3, -0.25) is 9.59 Å². The second kappa shape index (κ2) is 9.73. The van der Waals surface area contributed by atoms with Crippen LogP contribution in [0.25, 0.3) is 0 Å². The fourth-order valence-corrected chi connectivity index (χ4v) is 3.93. The molecule has 0 saturated carbocycles. The Balaban J connectivity index is 1.43. The highest BCUT2D eigenvalue weighted by Gasteiger charge is 2.33. The molecule has 0 aliphatic carbocycles. The van der Waals surface area contributed by atoms with Crippen LogP contribution in [-0.2, 0) is 9.59 Å². The molecule has 1 atom stereocenters. The Morgan fingerprint density at radius 2 is 1.97 bits per heavy atom. The topological polar surface area (TPSA) is 101 Å². The quantitative estimate of drug-likeness (QED) is 0.588. The highest BCUT2D eigenvalue weighted by molar-refractivity contribution is 7.80. The van der Waals surface area contributed by atoms with E-state index in [0.29, 0.717) is 60.0 Å². The number of carbonyl (C=O) groups is 2. The first-order valence-corrected chi connectivity index (χ1v) is 10.6. The van der Waals surface area contributed by atoms with Gasteiger partial charge in [-0.25, -0.2) is 0 Å². The Labute approximate surface area is 191 Å². The zero-order chi connectivity index (χ0) is 22.5. The molecule has 3 N–H and O–H groups in total. The highest BCUT2D eigenvalue weighted by atomic mass is 32.1. The first-order chi connectivity index (χ1) is 15.5. The van der Waals surface area contributed by atoms with Gasteiger partial charge in [0, 0.05) is 24.8 Å². The zero-order valence-corrected chi connectivity index (χ0v) is 18.4. The molecule has 9 nitrogen and oxygen atoms in total. The first kappa shape index (κ1) is 21.7. The number of hydrogen-bond donors (Lipinski definition) is 3. The minimum Gasteiger partial charge on any atom is -0.495 e. The second-order valence-electron chi connectivity index (χ2n) is 7.24. The van der Waals surface area contributed by atoms with Crippen LogP contribution >= 0.6 is 12.2 Å². The predicted molar refractivity (Wildman–Crippen MR) is 123 cm³/mol. The van der Waals surface area contributed by atoms with E-state index in [1.807, 2.05) is 24.3 Å². The molecule has 10 heteroatoms. The number of piperazine rings is 1. The normalized spacial score (nSPS) is 17.2. The molecule has 4 rings (SSSR count). The van der Waals surface area contributed by atoms with E-state index in [1.54, 1.807) is 30.2 Å².